The van der Waals surface area contributed by atoms with Crippen LogP contribution in [0.2, 0.25) is 0 Å². The van der Waals surface area contributed by atoms with Crippen LogP contribution in [0.1, 0.15) is 11.1 Å². The Bertz CT molecular complexity index is 987. The number of hydrogen-bond acceptors (Lipinski definition) is 3. The molecule has 1 atom stereocenters. The van der Waals surface area contributed by atoms with Gasteiger partial charge in [-0.3, -0.25) is 4.79 Å². The second-order valence-corrected chi connectivity index (χ2v) is 5.74. The first-order chi connectivity index (χ1) is 12.5. The Kier molecular flexibility index (Phi) is 9.34. The van der Waals surface area contributed by atoms with Gasteiger partial charge in [0.05, 0.1) is 12.0 Å². The summed E-state index contributed by atoms with van der Waals surface area (Å²) in [4.78, 5) is 27.6. The molecule has 0 spiro atoms. The van der Waals surface area contributed by atoms with Crippen molar-refractivity contribution in [3.8, 4) is 0 Å². The van der Waals surface area contributed by atoms with Crippen molar-refractivity contribution in [1.82, 2.24) is 10.3 Å². The van der Waals surface area contributed by atoms with E-state index in [1.54, 1.807) is 12.3 Å². The molecule has 6 nitrogen and oxygen atoms in total. The summed E-state index contributed by atoms with van der Waals surface area (Å²) in [5.74, 6) is -2.52. The number of rotatable bonds is 6. The summed E-state index contributed by atoms with van der Waals surface area (Å²) < 4.78 is 13.5. The van der Waals surface area contributed by atoms with Crippen LogP contribution in [0.4, 0.5) is 4.39 Å². The van der Waals surface area contributed by atoms with E-state index in [-0.39, 0.29) is 55.2 Å². The summed E-state index contributed by atoms with van der Waals surface area (Å²) in [6.07, 6.45) is 4.01. The number of nitrogens with one attached hydrogen (secondary N) is 1. The minimum Gasteiger partial charge on any atom is -0.663 e. The average Bonchev–Trinajstić information content (AvgIpc) is 3.03. The molecule has 0 aliphatic rings. The van der Waals surface area contributed by atoms with Crippen molar-refractivity contribution >= 4 is 66.6 Å². The van der Waals surface area contributed by atoms with Gasteiger partial charge in [-0.15, -0.1) is 5.52 Å². The number of carboxylic acids is 1. The van der Waals surface area contributed by atoms with Crippen LogP contribution in [-0.2, 0) is 16.0 Å². The van der Waals surface area contributed by atoms with Crippen LogP contribution < -0.4 is 15.4 Å². The second-order valence-electron chi connectivity index (χ2n) is 5.74. The normalized spacial score (nSPS) is 11.5. The molecule has 2 aromatic carbocycles. The minimum absolute atomic E-state index is 0. The van der Waals surface area contributed by atoms with Crippen molar-refractivity contribution in [2.24, 2.45) is 0 Å². The molecule has 140 valence electrons. The fourth-order valence-corrected chi connectivity index (χ4v) is 2.65. The van der Waals surface area contributed by atoms with E-state index in [1.807, 2.05) is 24.3 Å². The van der Waals surface area contributed by atoms with E-state index in [0.29, 0.717) is 5.56 Å². The molecule has 3 rings (SSSR count). The minimum atomic E-state index is -1.40. The SMILES string of the molecule is O.O=C(/C=C/c1ccccc1F)N[C@@H](Cc1c[n-]c2ccccc12)C(=O)[O-].[Ca+2]. The van der Waals surface area contributed by atoms with E-state index >= 15 is 0 Å². The van der Waals surface area contributed by atoms with Crippen molar-refractivity contribution in [1.29, 1.82) is 0 Å². The molecule has 0 bridgehead atoms. The van der Waals surface area contributed by atoms with Gasteiger partial charge in [0.15, 0.2) is 0 Å². The molecule has 0 radical (unpaired) electrons. The van der Waals surface area contributed by atoms with Gasteiger partial charge in [-0.05, 0) is 23.9 Å². The number of fused-ring (bicyclic) bond motifs is 1. The predicted octanol–water partition coefficient (Wildman–Crippen LogP) is 0.221. The maximum absolute atomic E-state index is 13.5. The maximum atomic E-state index is 13.5. The van der Waals surface area contributed by atoms with Gasteiger partial charge >= 0.3 is 37.7 Å². The third kappa shape index (κ3) is 5.90. The topological polar surface area (TPSA) is 115 Å². The van der Waals surface area contributed by atoms with Crippen LogP contribution in [-0.4, -0.2) is 61.1 Å². The molecule has 0 unspecified atom stereocenters. The number of halogens is 1. The standard InChI is InChI=1S/C20H16FN2O3.Ca.H2O/c21-16-7-3-1-5-13(16)9-10-19(24)23-18(20(25)26)11-14-12-22-17-8-4-2-6-15(14)17;;/h1-10,12,18H,11H2,(H,23,24)(H,25,26);;1H2/q-1;+2;/p-1/b10-9+;;/t18-;;/m0../s1. The summed E-state index contributed by atoms with van der Waals surface area (Å²) in [6.45, 7) is 0. The number of para-hydroxylation sites is 1. The van der Waals surface area contributed by atoms with Crippen molar-refractivity contribution in [2.75, 3.05) is 0 Å². The molecule has 3 N–H and O–H groups in total. The first-order valence-corrected chi connectivity index (χ1v) is 7.98. The number of nitrogens with zero attached hydrogens (tertiary/aromatic N) is 1. The summed E-state index contributed by atoms with van der Waals surface area (Å²) in [5, 5.41) is 14.6. The zero-order valence-electron chi connectivity index (χ0n) is 14.9. The Balaban J connectivity index is 0.00000196. The molecule has 0 aliphatic heterocycles. The van der Waals surface area contributed by atoms with Crippen LogP contribution in [0, 0.1) is 5.82 Å². The van der Waals surface area contributed by atoms with Gasteiger partial charge < -0.3 is 25.7 Å². The van der Waals surface area contributed by atoms with Crippen LogP contribution in [0.3, 0.4) is 0 Å². The average molecular weight is 408 g/mol. The van der Waals surface area contributed by atoms with Crippen molar-refractivity contribution < 1.29 is 24.6 Å². The van der Waals surface area contributed by atoms with E-state index in [1.165, 1.54) is 24.3 Å². The third-order valence-electron chi connectivity index (χ3n) is 3.95. The number of hydrogen-bond donors (Lipinski definition) is 1. The van der Waals surface area contributed by atoms with Gasteiger partial charge in [0, 0.05) is 11.6 Å². The van der Waals surface area contributed by atoms with Gasteiger partial charge in [-0.2, -0.15) is 6.20 Å². The predicted molar refractivity (Wildman–Crippen MR) is 103 cm³/mol. The molecule has 0 fully saturated rings. The zero-order chi connectivity index (χ0) is 18.5. The van der Waals surface area contributed by atoms with Gasteiger partial charge in [0.25, 0.3) is 0 Å². The van der Waals surface area contributed by atoms with E-state index < -0.39 is 23.7 Å². The van der Waals surface area contributed by atoms with Crippen LogP contribution in [0.5, 0.6) is 0 Å². The second kappa shape index (κ2) is 11.0. The van der Waals surface area contributed by atoms with Crippen molar-refractivity contribution in [3.05, 3.63) is 77.7 Å². The molecule has 28 heavy (non-hydrogen) atoms. The molecule has 3 aromatic rings. The van der Waals surface area contributed by atoms with Gasteiger partial charge in [-0.25, -0.2) is 4.39 Å². The third-order valence-corrected chi connectivity index (χ3v) is 3.95. The van der Waals surface area contributed by atoms with Gasteiger partial charge in [0.1, 0.15) is 5.82 Å². The van der Waals surface area contributed by atoms with Crippen LogP contribution in [0.15, 0.2) is 60.8 Å². The summed E-state index contributed by atoms with van der Waals surface area (Å²) >= 11 is 0. The number of carbonyl (C=O) groups excluding carboxylic acids is 2. The van der Waals surface area contributed by atoms with E-state index in [4.69, 9.17) is 0 Å². The first-order valence-electron chi connectivity index (χ1n) is 7.98. The molecule has 0 aliphatic carbocycles. The number of amides is 1. The number of carbonyl (C=O) groups is 2. The Labute approximate surface area is 190 Å². The molecular formula is C20H17CaFN2O4. The first kappa shape index (κ1) is 23.8. The molecular weight excluding hydrogens is 391 g/mol. The Morgan fingerprint density at radius 3 is 2.54 bits per heavy atom. The molecule has 0 saturated heterocycles. The fourth-order valence-electron chi connectivity index (χ4n) is 2.65. The zero-order valence-corrected chi connectivity index (χ0v) is 17.1. The molecule has 0 saturated carbocycles. The van der Waals surface area contributed by atoms with Crippen molar-refractivity contribution in [3.63, 3.8) is 0 Å². The van der Waals surface area contributed by atoms with Crippen molar-refractivity contribution in [2.45, 2.75) is 12.5 Å². The van der Waals surface area contributed by atoms with E-state index in [0.717, 1.165) is 17.0 Å². The summed E-state index contributed by atoms with van der Waals surface area (Å²) in [5.41, 5.74) is 1.69. The molecule has 8 heteroatoms. The summed E-state index contributed by atoms with van der Waals surface area (Å²) in [7, 11) is 0. The summed E-state index contributed by atoms with van der Waals surface area (Å²) in [6, 6.07) is 12.1. The Hall–Kier alpha value is -2.19. The number of benzene rings is 2. The molecule has 1 aromatic heterocycles. The number of aromatic nitrogens is 1. The Morgan fingerprint density at radius 2 is 1.82 bits per heavy atom. The largest absolute Gasteiger partial charge is 2.00 e. The van der Waals surface area contributed by atoms with Gasteiger partial charge in [0.2, 0.25) is 5.91 Å². The molecule has 1 heterocycles. The van der Waals surface area contributed by atoms with Crippen LogP contribution >= 0.6 is 0 Å². The van der Waals surface area contributed by atoms with E-state index in [2.05, 4.69) is 10.3 Å². The van der Waals surface area contributed by atoms with Gasteiger partial charge in [-0.1, -0.05) is 48.0 Å². The maximum Gasteiger partial charge on any atom is 2.00 e. The Morgan fingerprint density at radius 1 is 1.14 bits per heavy atom. The number of carboxylic acid groups (broad SMARTS) is 1. The smallest absolute Gasteiger partial charge is 0.663 e. The quantitative estimate of drug-likeness (QED) is 0.464. The number of aliphatic carboxylic acids is 1. The van der Waals surface area contributed by atoms with E-state index in [9.17, 15) is 19.1 Å². The fraction of sp³-hybridized carbons (Fsp3) is 0.100. The molecule has 1 amide bonds. The van der Waals surface area contributed by atoms with Crippen LogP contribution in [0.25, 0.3) is 17.0 Å². The monoisotopic (exact) mass is 408 g/mol.